The first-order valence-electron chi connectivity index (χ1n) is 6.54. The first-order valence-corrected chi connectivity index (χ1v) is 6.54. The zero-order valence-corrected chi connectivity index (χ0v) is 10.7. The molecule has 2 heteroatoms. The van der Waals surface area contributed by atoms with Crippen LogP contribution in [0.5, 0.6) is 0 Å². The second kappa shape index (κ2) is 4.77. The summed E-state index contributed by atoms with van der Waals surface area (Å²) in [6, 6.07) is 4.73. The van der Waals surface area contributed by atoms with Gasteiger partial charge in [-0.15, -0.1) is 0 Å². The summed E-state index contributed by atoms with van der Waals surface area (Å²) in [7, 11) is 0. The SMILES string of the molecule is CCC1CCCC(O)(c2cc(F)ccc2C)C1. The Kier molecular flexibility index (Phi) is 3.53. The van der Waals surface area contributed by atoms with Gasteiger partial charge in [-0.3, -0.25) is 0 Å². The molecule has 1 aliphatic rings. The first-order chi connectivity index (χ1) is 8.05. The van der Waals surface area contributed by atoms with Crippen LogP contribution in [-0.2, 0) is 5.60 Å². The normalized spacial score (nSPS) is 29.3. The van der Waals surface area contributed by atoms with E-state index in [4.69, 9.17) is 0 Å². The van der Waals surface area contributed by atoms with Gasteiger partial charge in [-0.25, -0.2) is 4.39 Å². The van der Waals surface area contributed by atoms with Gasteiger partial charge in [0, 0.05) is 0 Å². The molecular formula is C15H21FO. The summed E-state index contributed by atoms with van der Waals surface area (Å²) in [5.74, 6) is 0.314. The fourth-order valence-electron chi connectivity index (χ4n) is 3.05. The first kappa shape index (κ1) is 12.6. The molecule has 0 heterocycles. The van der Waals surface area contributed by atoms with Crippen LogP contribution in [0.15, 0.2) is 18.2 Å². The third-order valence-electron chi connectivity index (χ3n) is 4.11. The number of rotatable bonds is 2. The van der Waals surface area contributed by atoms with E-state index in [1.54, 1.807) is 6.07 Å². The summed E-state index contributed by atoms with van der Waals surface area (Å²) in [6.45, 7) is 4.11. The topological polar surface area (TPSA) is 20.2 Å². The van der Waals surface area contributed by atoms with Gasteiger partial charge in [-0.1, -0.05) is 25.8 Å². The van der Waals surface area contributed by atoms with Gasteiger partial charge in [0.1, 0.15) is 5.82 Å². The second-order valence-corrected chi connectivity index (χ2v) is 5.36. The van der Waals surface area contributed by atoms with Crippen molar-refractivity contribution in [1.29, 1.82) is 0 Å². The van der Waals surface area contributed by atoms with Crippen LogP contribution >= 0.6 is 0 Å². The molecule has 1 saturated carbocycles. The van der Waals surface area contributed by atoms with E-state index in [-0.39, 0.29) is 5.82 Å². The van der Waals surface area contributed by atoms with Crippen molar-refractivity contribution in [2.45, 2.75) is 51.6 Å². The third kappa shape index (κ3) is 2.52. The van der Waals surface area contributed by atoms with Crippen molar-refractivity contribution >= 4 is 0 Å². The molecule has 2 rings (SSSR count). The van der Waals surface area contributed by atoms with E-state index in [0.717, 1.165) is 36.8 Å². The number of benzene rings is 1. The van der Waals surface area contributed by atoms with Crippen molar-refractivity contribution in [2.24, 2.45) is 5.92 Å². The lowest BCUT2D eigenvalue weighted by molar-refractivity contribution is -0.0224. The van der Waals surface area contributed by atoms with Gasteiger partial charge < -0.3 is 5.11 Å². The lowest BCUT2D eigenvalue weighted by Gasteiger charge is -2.38. The lowest BCUT2D eigenvalue weighted by Crippen LogP contribution is -2.33. The van der Waals surface area contributed by atoms with Gasteiger partial charge >= 0.3 is 0 Å². The number of aliphatic hydroxyl groups is 1. The molecule has 17 heavy (non-hydrogen) atoms. The van der Waals surface area contributed by atoms with Crippen molar-refractivity contribution in [2.75, 3.05) is 0 Å². The van der Waals surface area contributed by atoms with Gasteiger partial charge in [-0.05, 0) is 55.4 Å². The van der Waals surface area contributed by atoms with Crippen LogP contribution in [0.1, 0.15) is 50.2 Å². The molecule has 2 unspecified atom stereocenters. The van der Waals surface area contributed by atoms with Crippen LogP contribution < -0.4 is 0 Å². The van der Waals surface area contributed by atoms with E-state index in [0.29, 0.717) is 5.92 Å². The molecule has 1 N–H and O–H groups in total. The minimum Gasteiger partial charge on any atom is -0.385 e. The molecule has 1 aromatic rings. The highest BCUT2D eigenvalue weighted by Gasteiger charge is 2.36. The standard InChI is InChI=1S/C15H21FO/c1-3-12-5-4-8-15(17,10-12)14-9-13(16)7-6-11(14)2/h6-7,9,12,17H,3-5,8,10H2,1-2H3. The highest BCUT2D eigenvalue weighted by atomic mass is 19.1. The maximum Gasteiger partial charge on any atom is 0.123 e. The lowest BCUT2D eigenvalue weighted by atomic mass is 9.72. The number of hydrogen-bond donors (Lipinski definition) is 1. The van der Waals surface area contributed by atoms with E-state index in [2.05, 4.69) is 6.92 Å². The molecule has 94 valence electrons. The van der Waals surface area contributed by atoms with Crippen molar-refractivity contribution in [3.05, 3.63) is 35.1 Å². The molecule has 1 aromatic carbocycles. The summed E-state index contributed by atoms with van der Waals surface area (Å²) < 4.78 is 13.3. The van der Waals surface area contributed by atoms with Crippen molar-refractivity contribution < 1.29 is 9.50 Å². The monoisotopic (exact) mass is 236 g/mol. The Hall–Kier alpha value is -0.890. The molecule has 0 saturated heterocycles. The zero-order chi connectivity index (χ0) is 12.5. The molecule has 0 aliphatic heterocycles. The highest BCUT2D eigenvalue weighted by molar-refractivity contribution is 5.32. The molecule has 0 radical (unpaired) electrons. The summed E-state index contributed by atoms with van der Waals surface area (Å²) in [5.41, 5.74) is 0.965. The summed E-state index contributed by atoms with van der Waals surface area (Å²) in [6.07, 6.45) is 4.84. The van der Waals surface area contributed by atoms with Gasteiger partial charge in [-0.2, -0.15) is 0 Å². The maximum absolute atomic E-state index is 13.3. The molecule has 1 aliphatic carbocycles. The van der Waals surface area contributed by atoms with Crippen LogP contribution in [0, 0.1) is 18.7 Å². The minimum atomic E-state index is -0.814. The van der Waals surface area contributed by atoms with E-state index in [9.17, 15) is 9.50 Å². The number of halogens is 1. The zero-order valence-electron chi connectivity index (χ0n) is 10.7. The van der Waals surface area contributed by atoms with Gasteiger partial charge in [0.25, 0.3) is 0 Å². The highest BCUT2D eigenvalue weighted by Crippen LogP contribution is 2.42. The Morgan fingerprint density at radius 3 is 2.94 bits per heavy atom. The Bertz CT molecular complexity index is 402. The minimum absolute atomic E-state index is 0.252. The van der Waals surface area contributed by atoms with Gasteiger partial charge in [0.05, 0.1) is 5.60 Å². The van der Waals surface area contributed by atoms with E-state index >= 15 is 0 Å². The summed E-state index contributed by atoms with van der Waals surface area (Å²) in [5, 5.41) is 10.8. The Labute approximate surface area is 103 Å². The fourth-order valence-corrected chi connectivity index (χ4v) is 3.05. The molecular weight excluding hydrogens is 215 g/mol. The van der Waals surface area contributed by atoms with E-state index in [1.807, 2.05) is 6.92 Å². The maximum atomic E-state index is 13.3. The average Bonchev–Trinajstić information content (AvgIpc) is 2.32. The van der Waals surface area contributed by atoms with Crippen LogP contribution in [0.2, 0.25) is 0 Å². The second-order valence-electron chi connectivity index (χ2n) is 5.36. The number of aryl methyl sites for hydroxylation is 1. The van der Waals surface area contributed by atoms with Crippen molar-refractivity contribution in [3.63, 3.8) is 0 Å². The van der Waals surface area contributed by atoms with Gasteiger partial charge in [0.2, 0.25) is 0 Å². The van der Waals surface area contributed by atoms with Crippen molar-refractivity contribution in [3.8, 4) is 0 Å². The molecule has 1 fully saturated rings. The molecule has 0 aromatic heterocycles. The smallest absolute Gasteiger partial charge is 0.123 e. The molecule has 0 bridgehead atoms. The Morgan fingerprint density at radius 1 is 1.47 bits per heavy atom. The summed E-state index contributed by atoms with van der Waals surface area (Å²) >= 11 is 0. The molecule has 1 nitrogen and oxygen atoms in total. The van der Waals surface area contributed by atoms with E-state index in [1.165, 1.54) is 18.6 Å². The van der Waals surface area contributed by atoms with Crippen LogP contribution in [0.3, 0.4) is 0 Å². The molecule has 2 atom stereocenters. The third-order valence-corrected chi connectivity index (χ3v) is 4.11. The van der Waals surface area contributed by atoms with Crippen molar-refractivity contribution in [1.82, 2.24) is 0 Å². The van der Waals surface area contributed by atoms with E-state index < -0.39 is 5.60 Å². The van der Waals surface area contributed by atoms with Crippen LogP contribution in [0.4, 0.5) is 4.39 Å². The quantitative estimate of drug-likeness (QED) is 0.825. The fraction of sp³-hybridized carbons (Fsp3) is 0.600. The summed E-state index contributed by atoms with van der Waals surface area (Å²) in [4.78, 5) is 0. The number of hydrogen-bond acceptors (Lipinski definition) is 1. The molecule has 0 spiro atoms. The predicted molar refractivity (Wildman–Crippen MR) is 67.3 cm³/mol. The van der Waals surface area contributed by atoms with Crippen LogP contribution in [0.25, 0.3) is 0 Å². The van der Waals surface area contributed by atoms with Crippen LogP contribution in [-0.4, -0.2) is 5.11 Å². The Balaban J connectivity index is 2.33. The Morgan fingerprint density at radius 2 is 2.24 bits per heavy atom. The van der Waals surface area contributed by atoms with Gasteiger partial charge in [0.15, 0.2) is 0 Å². The molecule has 0 amide bonds. The predicted octanol–water partition coefficient (Wildman–Crippen LogP) is 3.92. The average molecular weight is 236 g/mol. The largest absolute Gasteiger partial charge is 0.385 e.